The zero-order valence-corrected chi connectivity index (χ0v) is 15.8. The summed E-state index contributed by atoms with van der Waals surface area (Å²) in [6, 6.07) is 5.69. The van der Waals surface area contributed by atoms with Crippen molar-refractivity contribution in [2.75, 3.05) is 26.2 Å². The van der Waals surface area contributed by atoms with Gasteiger partial charge in [-0.15, -0.1) is 0 Å². The van der Waals surface area contributed by atoms with Crippen molar-refractivity contribution in [2.45, 2.75) is 27.3 Å². The van der Waals surface area contributed by atoms with Crippen molar-refractivity contribution in [1.29, 1.82) is 0 Å². The fourth-order valence-electron chi connectivity index (χ4n) is 3.53. The summed E-state index contributed by atoms with van der Waals surface area (Å²) in [5, 5.41) is 0. The maximum Gasteiger partial charge on any atom is 0.270 e. The molecule has 0 saturated carbocycles. The molecular weight excluding hydrogens is 352 g/mol. The summed E-state index contributed by atoms with van der Waals surface area (Å²) in [5.74, 6) is -1.89. The molecule has 5 nitrogen and oxygen atoms in total. The van der Waals surface area contributed by atoms with E-state index < -0.39 is 11.6 Å². The third-order valence-electron chi connectivity index (χ3n) is 5.03. The molecule has 0 atom stereocenters. The number of hydrogen-bond donors (Lipinski definition) is 0. The molecule has 144 valence electrons. The minimum absolute atomic E-state index is 0.0100. The molecule has 27 heavy (non-hydrogen) atoms. The Labute approximate surface area is 157 Å². The van der Waals surface area contributed by atoms with Gasteiger partial charge in [-0.1, -0.05) is 6.07 Å². The van der Waals surface area contributed by atoms with E-state index in [0.717, 1.165) is 23.4 Å². The lowest BCUT2D eigenvalue weighted by molar-refractivity contribution is -0.130. The van der Waals surface area contributed by atoms with E-state index in [1.54, 1.807) is 9.80 Å². The Kier molecular flexibility index (Phi) is 5.30. The third-order valence-corrected chi connectivity index (χ3v) is 5.03. The van der Waals surface area contributed by atoms with Crippen LogP contribution < -0.4 is 0 Å². The average Bonchev–Trinajstić information content (AvgIpc) is 2.91. The first-order chi connectivity index (χ1) is 12.8. The molecule has 2 aromatic rings. The summed E-state index contributed by atoms with van der Waals surface area (Å²) in [6.45, 7) is 7.56. The van der Waals surface area contributed by atoms with Crippen LogP contribution in [-0.4, -0.2) is 52.4 Å². The zero-order chi connectivity index (χ0) is 19.7. The van der Waals surface area contributed by atoms with Crippen molar-refractivity contribution < 1.29 is 18.4 Å². The lowest BCUT2D eigenvalue weighted by Crippen LogP contribution is -2.50. The highest BCUT2D eigenvalue weighted by atomic mass is 19.2. The fraction of sp³-hybridized carbons (Fsp3) is 0.400. The van der Waals surface area contributed by atoms with Crippen LogP contribution in [0.2, 0.25) is 0 Å². The number of benzene rings is 1. The number of nitrogens with zero attached hydrogens (tertiary/aromatic N) is 3. The largest absolute Gasteiger partial charge is 0.339 e. The number of carbonyl (C=O) groups excluding carboxylic acids is 2. The highest BCUT2D eigenvalue weighted by molar-refractivity contribution is 5.94. The van der Waals surface area contributed by atoms with Crippen LogP contribution in [0.4, 0.5) is 8.78 Å². The molecule has 1 aromatic carbocycles. The smallest absolute Gasteiger partial charge is 0.270 e. The Bertz CT molecular complexity index is 884. The van der Waals surface area contributed by atoms with Crippen molar-refractivity contribution in [3.8, 4) is 0 Å². The van der Waals surface area contributed by atoms with Crippen molar-refractivity contribution in [1.82, 2.24) is 14.4 Å². The van der Waals surface area contributed by atoms with Crippen LogP contribution in [0.5, 0.6) is 0 Å². The predicted octanol–water partition coefficient (Wildman–Crippen LogP) is 2.74. The molecule has 0 radical (unpaired) electrons. The van der Waals surface area contributed by atoms with Gasteiger partial charge in [-0.2, -0.15) is 0 Å². The Balaban J connectivity index is 1.84. The van der Waals surface area contributed by atoms with Gasteiger partial charge in [-0.05, 0) is 43.2 Å². The number of rotatable bonds is 3. The first kappa shape index (κ1) is 19.1. The molecule has 1 aliphatic heterocycles. The quantitative estimate of drug-likeness (QED) is 0.828. The molecule has 0 aliphatic carbocycles. The standard InChI is InChI=1S/C20H23F2N3O2/c1-13-10-14(2)25(12-16-4-5-17(21)18(22)11-16)19(13)20(27)24-8-6-23(7-9-24)15(3)26/h4-5,10-11H,6-9,12H2,1-3H3. The van der Waals surface area contributed by atoms with Crippen molar-refractivity contribution in [3.63, 3.8) is 0 Å². The van der Waals surface area contributed by atoms with Crippen LogP contribution >= 0.6 is 0 Å². The van der Waals surface area contributed by atoms with Gasteiger partial charge >= 0.3 is 0 Å². The van der Waals surface area contributed by atoms with E-state index in [9.17, 15) is 18.4 Å². The first-order valence-electron chi connectivity index (χ1n) is 8.93. The molecule has 1 saturated heterocycles. The molecule has 0 unspecified atom stereocenters. The van der Waals surface area contributed by atoms with Crippen LogP contribution in [0.25, 0.3) is 0 Å². The maximum atomic E-state index is 13.5. The fourth-order valence-corrected chi connectivity index (χ4v) is 3.53. The molecule has 0 bridgehead atoms. The summed E-state index contributed by atoms with van der Waals surface area (Å²) in [5.41, 5.74) is 2.86. The SMILES string of the molecule is CC(=O)N1CCN(C(=O)c2c(C)cc(C)n2Cc2ccc(F)c(F)c2)CC1. The number of hydrogen-bond acceptors (Lipinski definition) is 2. The van der Waals surface area contributed by atoms with E-state index >= 15 is 0 Å². The van der Waals surface area contributed by atoms with Crippen LogP contribution in [0.3, 0.4) is 0 Å². The zero-order valence-electron chi connectivity index (χ0n) is 15.8. The molecule has 1 aromatic heterocycles. The van der Waals surface area contributed by atoms with Crippen molar-refractivity contribution >= 4 is 11.8 Å². The topological polar surface area (TPSA) is 45.6 Å². The number of aryl methyl sites for hydroxylation is 2. The van der Waals surface area contributed by atoms with Crippen LogP contribution in [0.15, 0.2) is 24.3 Å². The minimum atomic E-state index is -0.901. The summed E-state index contributed by atoms with van der Waals surface area (Å²) in [6.07, 6.45) is 0. The monoisotopic (exact) mass is 375 g/mol. The molecule has 1 aliphatic rings. The molecule has 7 heteroatoms. The van der Waals surface area contributed by atoms with Gasteiger partial charge in [0.25, 0.3) is 5.91 Å². The number of carbonyl (C=O) groups is 2. The summed E-state index contributed by atoms with van der Waals surface area (Å²) < 4.78 is 28.6. The van der Waals surface area contributed by atoms with Gasteiger partial charge in [-0.25, -0.2) is 8.78 Å². The van der Waals surface area contributed by atoms with E-state index in [2.05, 4.69) is 0 Å². The summed E-state index contributed by atoms with van der Waals surface area (Å²) in [7, 11) is 0. The van der Waals surface area contributed by atoms with Crippen molar-refractivity contribution in [2.24, 2.45) is 0 Å². The van der Waals surface area contributed by atoms with E-state index in [-0.39, 0.29) is 18.4 Å². The third kappa shape index (κ3) is 3.86. The number of halogens is 2. The van der Waals surface area contributed by atoms with E-state index in [1.807, 2.05) is 24.5 Å². The number of aromatic nitrogens is 1. The normalized spacial score (nSPS) is 14.6. The first-order valence-corrected chi connectivity index (χ1v) is 8.93. The molecule has 3 rings (SSSR count). The summed E-state index contributed by atoms with van der Waals surface area (Å²) >= 11 is 0. The lowest BCUT2D eigenvalue weighted by Gasteiger charge is -2.34. The van der Waals surface area contributed by atoms with Gasteiger partial charge in [0.1, 0.15) is 5.69 Å². The van der Waals surface area contributed by atoms with Crippen LogP contribution in [0.1, 0.15) is 34.2 Å². The van der Waals surface area contributed by atoms with Crippen molar-refractivity contribution in [3.05, 3.63) is 58.4 Å². The van der Waals surface area contributed by atoms with E-state index in [0.29, 0.717) is 37.4 Å². The molecule has 2 heterocycles. The van der Waals surface area contributed by atoms with E-state index in [1.165, 1.54) is 13.0 Å². The minimum Gasteiger partial charge on any atom is -0.339 e. The molecule has 1 fully saturated rings. The summed E-state index contributed by atoms with van der Waals surface area (Å²) in [4.78, 5) is 28.0. The maximum absolute atomic E-state index is 13.5. The Morgan fingerprint density at radius 2 is 1.59 bits per heavy atom. The Morgan fingerprint density at radius 1 is 0.963 bits per heavy atom. The van der Waals surface area contributed by atoms with Crippen LogP contribution in [-0.2, 0) is 11.3 Å². The molecule has 0 spiro atoms. The Morgan fingerprint density at radius 3 is 2.19 bits per heavy atom. The second-order valence-corrected chi connectivity index (χ2v) is 6.95. The van der Waals surface area contributed by atoms with Gasteiger partial charge in [0.2, 0.25) is 5.91 Å². The second-order valence-electron chi connectivity index (χ2n) is 6.95. The second kappa shape index (κ2) is 7.50. The number of amides is 2. The predicted molar refractivity (Wildman–Crippen MR) is 97.5 cm³/mol. The highest BCUT2D eigenvalue weighted by Gasteiger charge is 2.27. The Hall–Kier alpha value is -2.70. The molecular formula is C20H23F2N3O2. The van der Waals surface area contributed by atoms with Gasteiger partial charge in [0.15, 0.2) is 11.6 Å². The van der Waals surface area contributed by atoms with E-state index in [4.69, 9.17) is 0 Å². The van der Waals surface area contributed by atoms with Gasteiger partial charge in [0.05, 0.1) is 0 Å². The van der Waals surface area contributed by atoms with Gasteiger partial charge < -0.3 is 14.4 Å². The lowest BCUT2D eigenvalue weighted by atomic mass is 10.2. The number of piperazine rings is 1. The van der Waals surface area contributed by atoms with Gasteiger partial charge in [-0.3, -0.25) is 9.59 Å². The van der Waals surface area contributed by atoms with Gasteiger partial charge in [0, 0.05) is 45.3 Å². The average molecular weight is 375 g/mol. The van der Waals surface area contributed by atoms with Crippen LogP contribution in [0, 0.1) is 25.5 Å². The molecule has 2 amide bonds. The highest BCUT2D eigenvalue weighted by Crippen LogP contribution is 2.21. The molecule has 0 N–H and O–H groups in total.